The fourth-order valence-electron chi connectivity index (χ4n) is 2.25. The van der Waals surface area contributed by atoms with E-state index in [4.69, 9.17) is 16.3 Å². The Kier molecular flexibility index (Phi) is 6.83. The van der Waals surface area contributed by atoms with Gasteiger partial charge in [0.2, 0.25) is 0 Å². The minimum atomic E-state index is 0.236. The highest BCUT2D eigenvalue weighted by molar-refractivity contribution is 6.31. The average Bonchev–Trinajstić information content (AvgIpc) is 2.73. The standard InChI is InChI=1S/C14H26ClN3O/c1-6-12-14(15)13(18(7-2)17-12)9-11(16-4)8-10(3)19-5/h10-11,16H,6-9H2,1-5H3. The number of aryl methyl sites for hydroxylation is 2. The second-order valence-corrected chi connectivity index (χ2v) is 5.23. The van der Waals surface area contributed by atoms with Crippen LogP contribution in [0.3, 0.4) is 0 Å². The van der Waals surface area contributed by atoms with Gasteiger partial charge in [-0.25, -0.2) is 0 Å². The topological polar surface area (TPSA) is 39.1 Å². The number of hydrogen-bond donors (Lipinski definition) is 1. The van der Waals surface area contributed by atoms with E-state index in [1.54, 1.807) is 7.11 Å². The van der Waals surface area contributed by atoms with Crippen LogP contribution in [0.25, 0.3) is 0 Å². The summed E-state index contributed by atoms with van der Waals surface area (Å²) in [4.78, 5) is 0. The summed E-state index contributed by atoms with van der Waals surface area (Å²) in [6, 6.07) is 0.346. The van der Waals surface area contributed by atoms with E-state index in [1.807, 2.05) is 11.7 Å². The molecule has 1 N–H and O–H groups in total. The summed E-state index contributed by atoms with van der Waals surface area (Å²) < 4.78 is 7.35. The lowest BCUT2D eigenvalue weighted by molar-refractivity contribution is 0.101. The van der Waals surface area contributed by atoms with Gasteiger partial charge >= 0.3 is 0 Å². The molecule has 1 aromatic rings. The summed E-state index contributed by atoms with van der Waals surface area (Å²) in [5.74, 6) is 0. The summed E-state index contributed by atoms with van der Waals surface area (Å²) in [5, 5.41) is 8.73. The van der Waals surface area contributed by atoms with Crippen LogP contribution < -0.4 is 5.32 Å². The number of halogens is 1. The lowest BCUT2D eigenvalue weighted by atomic mass is 10.0. The van der Waals surface area contributed by atoms with Gasteiger partial charge in [-0.15, -0.1) is 0 Å². The molecule has 5 heteroatoms. The molecule has 110 valence electrons. The zero-order valence-corrected chi connectivity index (χ0v) is 13.4. The minimum absolute atomic E-state index is 0.236. The van der Waals surface area contributed by atoms with Crippen molar-refractivity contribution in [3.05, 3.63) is 16.4 Å². The average molecular weight is 288 g/mol. The molecule has 0 aliphatic heterocycles. The van der Waals surface area contributed by atoms with Gasteiger partial charge in [0.1, 0.15) is 0 Å². The van der Waals surface area contributed by atoms with Gasteiger partial charge in [0.25, 0.3) is 0 Å². The highest BCUT2D eigenvalue weighted by atomic mass is 35.5. The van der Waals surface area contributed by atoms with Gasteiger partial charge in [-0.1, -0.05) is 18.5 Å². The third-order valence-electron chi connectivity index (χ3n) is 3.56. The summed E-state index contributed by atoms with van der Waals surface area (Å²) in [6.45, 7) is 7.12. The van der Waals surface area contributed by atoms with E-state index >= 15 is 0 Å². The van der Waals surface area contributed by atoms with E-state index < -0.39 is 0 Å². The first-order valence-corrected chi connectivity index (χ1v) is 7.39. The Morgan fingerprint density at radius 3 is 2.58 bits per heavy atom. The molecule has 0 spiro atoms. The number of methoxy groups -OCH3 is 1. The number of likely N-dealkylation sites (N-methyl/N-ethyl adjacent to an activating group) is 1. The Morgan fingerprint density at radius 1 is 1.42 bits per heavy atom. The van der Waals surface area contributed by atoms with Crippen molar-refractivity contribution in [2.45, 2.75) is 58.7 Å². The highest BCUT2D eigenvalue weighted by Gasteiger charge is 2.19. The normalized spacial score (nSPS) is 14.6. The zero-order chi connectivity index (χ0) is 14.4. The van der Waals surface area contributed by atoms with E-state index in [-0.39, 0.29) is 6.10 Å². The van der Waals surface area contributed by atoms with Gasteiger partial charge in [-0.3, -0.25) is 4.68 Å². The van der Waals surface area contributed by atoms with Gasteiger partial charge in [-0.2, -0.15) is 5.10 Å². The second kappa shape index (κ2) is 7.88. The fraction of sp³-hybridized carbons (Fsp3) is 0.786. The molecule has 0 aliphatic rings. The number of aromatic nitrogens is 2. The van der Waals surface area contributed by atoms with Crippen molar-refractivity contribution in [3.63, 3.8) is 0 Å². The minimum Gasteiger partial charge on any atom is -0.382 e. The molecule has 0 amide bonds. The molecular formula is C14H26ClN3O. The number of hydrogen-bond acceptors (Lipinski definition) is 3. The molecule has 0 fully saturated rings. The molecule has 0 bridgehead atoms. The van der Waals surface area contributed by atoms with Crippen LogP contribution in [0.5, 0.6) is 0 Å². The summed E-state index contributed by atoms with van der Waals surface area (Å²) in [6.07, 6.45) is 2.95. The lowest BCUT2D eigenvalue weighted by Gasteiger charge is -2.20. The van der Waals surface area contributed by atoms with Crippen LogP contribution in [-0.2, 0) is 24.1 Å². The van der Waals surface area contributed by atoms with E-state index in [1.165, 1.54) is 0 Å². The number of rotatable bonds is 8. The van der Waals surface area contributed by atoms with Crippen molar-refractivity contribution in [2.75, 3.05) is 14.2 Å². The molecule has 1 rings (SSSR count). The molecule has 0 aliphatic carbocycles. The molecule has 1 aromatic heterocycles. The van der Waals surface area contributed by atoms with E-state index in [2.05, 4.69) is 31.2 Å². The quantitative estimate of drug-likeness (QED) is 0.799. The third kappa shape index (κ3) is 4.20. The second-order valence-electron chi connectivity index (χ2n) is 4.85. The van der Waals surface area contributed by atoms with Gasteiger partial charge in [-0.05, 0) is 33.7 Å². The Labute approximate surface area is 121 Å². The molecule has 1 heterocycles. The van der Waals surface area contributed by atoms with Crippen molar-refractivity contribution in [1.82, 2.24) is 15.1 Å². The number of nitrogens with one attached hydrogen (secondary N) is 1. The molecule has 2 atom stereocenters. The van der Waals surface area contributed by atoms with E-state index in [9.17, 15) is 0 Å². The molecule has 0 aromatic carbocycles. The Bertz CT molecular complexity index is 392. The summed E-state index contributed by atoms with van der Waals surface area (Å²) >= 11 is 6.44. The van der Waals surface area contributed by atoms with E-state index in [0.717, 1.165) is 42.2 Å². The summed E-state index contributed by atoms with van der Waals surface area (Å²) in [7, 11) is 3.73. The Balaban J connectivity index is 2.86. The largest absolute Gasteiger partial charge is 0.382 e. The van der Waals surface area contributed by atoms with Crippen LogP contribution in [0.2, 0.25) is 5.02 Å². The number of ether oxygens (including phenoxy) is 1. The smallest absolute Gasteiger partial charge is 0.0850 e. The van der Waals surface area contributed by atoms with Crippen LogP contribution in [0.4, 0.5) is 0 Å². The molecular weight excluding hydrogens is 262 g/mol. The van der Waals surface area contributed by atoms with Crippen LogP contribution in [0.15, 0.2) is 0 Å². The molecule has 4 nitrogen and oxygen atoms in total. The molecule has 0 radical (unpaired) electrons. The van der Waals surface area contributed by atoms with Crippen LogP contribution in [0, 0.1) is 0 Å². The summed E-state index contributed by atoms with van der Waals surface area (Å²) in [5.41, 5.74) is 2.12. The van der Waals surface area contributed by atoms with Crippen LogP contribution in [-0.4, -0.2) is 36.1 Å². The fourth-order valence-corrected chi connectivity index (χ4v) is 2.59. The zero-order valence-electron chi connectivity index (χ0n) is 12.7. The maximum atomic E-state index is 6.44. The molecule has 19 heavy (non-hydrogen) atoms. The molecule has 2 unspecified atom stereocenters. The highest BCUT2D eigenvalue weighted by Crippen LogP contribution is 2.23. The maximum absolute atomic E-state index is 6.44. The van der Waals surface area contributed by atoms with E-state index in [0.29, 0.717) is 6.04 Å². The van der Waals surface area contributed by atoms with Crippen molar-refractivity contribution in [3.8, 4) is 0 Å². The van der Waals surface area contributed by atoms with Crippen LogP contribution >= 0.6 is 11.6 Å². The predicted octanol–water partition coefficient (Wildman–Crippen LogP) is 2.67. The first-order chi connectivity index (χ1) is 9.07. The third-order valence-corrected chi connectivity index (χ3v) is 4.00. The van der Waals surface area contributed by atoms with Gasteiger partial charge < -0.3 is 10.1 Å². The SMILES string of the molecule is CCc1nn(CC)c(CC(CC(C)OC)NC)c1Cl. The Hall–Kier alpha value is -0.580. The van der Waals surface area contributed by atoms with Gasteiger partial charge in [0.15, 0.2) is 0 Å². The maximum Gasteiger partial charge on any atom is 0.0850 e. The van der Waals surface area contributed by atoms with Gasteiger partial charge in [0.05, 0.1) is 22.5 Å². The lowest BCUT2D eigenvalue weighted by Crippen LogP contribution is -2.32. The number of nitrogens with zero attached hydrogens (tertiary/aromatic N) is 2. The van der Waals surface area contributed by atoms with Crippen LogP contribution in [0.1, 0.15) is 38.6 Å². The van der Waals surface area contributed by atoms with Crippen molar-refractivity contribution in [2.24, 2.45) is 0 Å². The molecule has 0 saturated carbocycles. The predicted molar refractivity (Wildman–Crippen MR) is 79.9 cm³/mol. The van der Waals surface area contributed by atoms with Gasteiger partial charge in [0, 0.05) is 26.1 Å². The van der Waals surface area contributed by atoms with Crippen molar-refractivity contribution >= 4 is 11.6 Å². The first kappa shape index (κ1) is 16.5. The monoisotopic (exact) mass is 287 g/mol. The van der Waals surface area contributed by atoms with Crippen molar-refractivity contribution in [1.29, 1.82) is 0 Å². The Morgan fingerprint density at radius 2 is 2.11 bits per heavy atom. The molecule has 0 saturated heterocycles. The van der Waals surface area contributed by atoms with Crippen molar-refractivity contribution < 1.29 is 4.74 Å². The first-order valence-electron chi connectivity index (χ1n) is 7.01.